The molecule has 2 aromatic carbocycles. The van der Waals surface area contributed by atoms with Crippen LogP contribution in [0.15, 0.2) is 40.9 Å². The Morgan fingerprint density at radius 1 is 1.10 bits per heavy atom. The zero-order chi connectivity index (χ0) is 14.7. The molecule has 0 aromatic heterocycles. The first kappa shape index (κ1) is 15.1. The number of benzene rings is 2. The monoisotopic (exact) mass is 339 g/mol. The molecule has 2 rings (SSSR count). The molecule has 0 amide bonds. The highest BCUT2D eigenvalue weighted by Crippen LogP contribution is 2.28. The summed E-state index contributed by atoms with van der Waals surface area (Å²) in [5.41, 5.74) is 2.87. The van der Waals surface area contributed by atoms with Crippen LogP contribution in [0.3, 0.4) is 0 Å². The highest BCUT2D eigenvalue weighted by Gasteiger charge is 2.17. The molecule has 0 spiro atoms. The third-order valence-electron chi connectivity index (χ3n) is 3.23. The van der Waals surface area contributed by atoms with Gasteiger partial charge in [-0.05, 0) is 54.4 Å². The molecule has 0 saturated carbocycles. The number of nitrogens with one attached hydrogen (secondary N) is 1. The molecule has 0 heterocycles. The molecule has 1 N–H and O–H groups in total. The molecule has 1 nitrogen and oxygen atoms in total. The highest BCUT2D eigenvalue weighted by molar-refractivity contribution is 9.10. The van der Waals surface area contributed by atoms with Gasteiger partial charge in [0, 0.05) is 4.47 Å². The van der Waals surface area contributed by atoms with Gasteiger partial charge < -0.3 is 5.32 Å². The summed E-state index contributed by atoms with van der Waals surface area (Å²) >= 11 is 3.43. The molecule has 106 valence electrons. The van der Waals surface area contributed by atoms with E-state index in [1.54, 1.807) is 6.07 Å². The Balaban J connectivity index is 2.47. The number of aryl methyl sites for hydroxylation is 1. The summed E-state index contributed by atoms with van der Waals surface area (Å²) in [6.45, 7) is 4.73. The second-order valence-electron chi connectivity index (χ2n) is 4.67. The Hall–Kier alpha value is -1.26. The van der Waals surface area contributed by atoms with Crippen molar-refractivity contribution in [2.45, 2.75) is 19.9 Å². The van der Waals surface area contributed by atoms with E-state index in [0.29, 0.717) is 0 Å². The van der Waals surface area contributed by atoms with Gasteiger partial charge in [-0.3, -0.25) is 0 Å². The Bertz CT molecular complexity index is 613. The van der Waals surface area contributed by atoms with E-state index in [9.17, 15) is 8.78 Å². The fraction of sp³-hybridized carbons (Fsp3) is 0.250. The van der Waals surface area contributed by atoms with Crippen LogP contribution in [0.1, 0.15) is 29.7 Å². The maximum absolute atomic E-state index is 13.4. The summed E-state index contributed by atoms with van der Waals surface area (Å²) in [4.78, 5) is 0. The summed E-state index contributed by atoms with van der Waals surface area (Å²) in [5.74, 6) is -1.64. The van der Waals surface area contributed by atoms with Crippen LogP contribution in [0.2, 0.25) is 0 Å². The van der Waals surface area contributed by atoms with Crippen molar-refractivity contribution in [2.75, 3.05) is 6.54 Å². The van der Waals surface area contributed by atoms with Crippen LogP contribution in [-0.2, 0) is 0 Å². The van der Waals surface area contributed by atoms with Gasteiger partial charge in [-0.15, -0.1) is 0 Å². The van der Waals surface area contributed by atoms with E-state index in [1.807, 2.05) is 32.0 Å². The summed E-state index contributed by atoms with van der Waals surface area (Å²) < 4.78 is 27.5. The summed E-state index contributed by atoms with van der Waals surface area (Å²) in [5, 5.41) is 3.32. The van der Waals surface area contributed by atoms with E-state index < -0.39 is 11.6 Å². The Morgan fingerprint density at radius 3 is 2.45 bits per heavy atom. The lowest BCUT2D eigenvalue weighted by Gasteiger charge is -2.21. The van der Waals surface area contributed by atoms with Gasteiger partial charge in [-0.25, -0.2) is 8.78 Å². The maximum Gasteiger partial charge on any atom is 0.159 e. The van der Waals surface area contributed by atoms with Crippen molar-refractivity contribution < 1.29 is 8.78 Å². The Labute approximate surface area is 126 Å². The van der Waals surface area contributed by atoms with Crippen LogP contribution >= 0.6 is 15.9 Å². The van der Waals surface area contributed by atoms with Gasteiger partial charge in [0.05, 0.1) is 6.04 Å². The highest BCUT2D eigenvalue weighted by atomic mass is 79.9. The normalized spacial score (nSPS) is 12.4. The third kappa shape index (κ3) is 3.25. The minimum Gasteiger partial charge on any atom is -0.307 e. The molecule has 0 aliphatic carbocycles. The van der Waals surface area contributed by atoms with Gasteiger partial charge >= 0.3 is 0 Å². The molecule has 0 aliphatic rings. The zero-order valence-corrected chi connectivity index (χ0v) is 13.0. The average Bonchev–Trinajstić information content (AvgIpc) is 2.40. The fourth-order valence-electron chi connectivity index (χ4n) is 2.27. The zero-order valence-electron chi connectivity index (χ0n) is 11.4. The van der Waals surface area contributed by atoms with Gasteiger partial charge in [0.1, 0.15) is 0 Å². The van der Waals surface area contributed by atoms with Gasteiger partial charge in [0.2, 0.25) is 0 Å². The topological polar surface area (TPSA) is 12.0 Å². The van der Waals surface area contributed by atoms with Crippen molar-refractivity contribution in [1.29, 1.82) is 0 Å². The number of rotatable bonds is 4. The van der Waals surface area contributed by atoms with Gasteiger partial charge in [-0.1, -0.05) is 35.0 Å². The molecule has 4 heteroatoms. The maximum atomic E-state index is 13.4. The first-order valence-corrected chi connectivity index (χ1v) is 7.26. The number of hydrogen-bond acceptors (Lipinski definition) is 1. The van der Waals surface area contributed by atoms with Crippen LogP contribution in [-0.4, -0.2) is 6.54 Å². The van der Waals surface area contributed by atoms with Crippen molar-refractivity contribution in [3.05, 3.63) is 69.2 Å². The van der Waals surface area contributed by atoms with Crippen molar-refractivity contribution in [2.24, 2.45) is 0 Å². The molecule has 20 heavy (non-hydrogen) atoms. The second kappa shape index (κ2) is 6.46. The van der Waals surface area contributed by atoms with Crippen LogP contribution in [0.5, 0.6) is 0 Å². The molecule has 0 fully saturated rings. The van der Waals surface area contributed by atoms with Gasteiger partial charge in [0.25, 0.3) is 0 Å². The second-order valence-corrected chi connectivity index (χ2v) is 5.58. The van der Waals surface area contributed by atoms with Crippen molar-refractivity contribution in [1.82, 2.24) is 5.32 Å². The molecule has 0 radical (unpaired) electrons. The molecule has 1 atom stereocenters. The lowest BCUT2D eigenvalue weighted by atomic mass is 9.95. The molecule has 0 bridgehead atoms. The quantitative estimate of drug-likeness (QED) is 0.848. The molecular formula is C16H16BrF2N. The largest absolute Gasteiger partial charge is 0.307 e. The molecule has 0 aliphatic heterocycles. The average molecular weight is 340 g/mol. The first-order chi connectivity index (χ1) is 9.52. The summed E-state index contributed by atoms with van der Waals surface area (Å²) in [6, 6.07) is 9.85. The van der Waals surface area contributed by atoms with Crippen molar-refractivity contribution in [3.63, 3.8) is 0 Å². The summed E-state index contributed by atoms with van der Waals surface area (Å²) in [6.07, 6.45) is 0. The van der Waals surface area contributed by atoms with E-state index in [0.717, 1.165) is 27.7 Å². The van der Waals surface area contributed by atoms with Crippen molar-refractivity contribution >= 4 is 15.9 Å². The minimum absolute atomic E-state index is 0.150. The van der Waals surface area contributed by atoms with Crippen molar-refractivity contribution in [3.8, 4) is 0 Å². The minimum atomic E-state index is -0.823. The first-order valence-electron chi connectivity index (χ1n) is 6.47. The van der Waals surface area contributed by atoms with Crippen LogP contribution in [0, 0.1) is 18.6 Å². The SMILES string of the molecule is CCNC(c1ccc(F)c(F)c1)c1ccc(Br)cc1C. The number of hydrogen-bond donors (Lipinski definition) is 1. The third-order valence-corrected chi connectivity index (χ3v) is 3.72. The van der Waals surface area contributed by atoms with E-state index in [1.165, 1.54) is 12.1 Å². The lowest BCUT2D eigenvalue weighted by Crippen LogP contribution is -2.23. The van der Waals surface area contributed by atoms with Crippen LogP contribution in [0.4, 0.5) is 8.78 Å². The standard InChI is InChI=1S/C16H16BrF2N/c1-3-20-16(11-4-7-14(18)15(19)9-11)13-6-5-12(17)8-10(13)2/h4-9,16,20H,3H2,1-2H3. The van der Waals surface area contributed by atoms with Crippen LogP contribution < -0.4 is 5.32 Å². The predicted molar refractivity (Wildman–Crippen MR) is 80.8 cm³/mol. The van der Waals surface area contributed by atoms with E-state index >= 15 is 0 Å². The predicted octanol–water partition coefficient (Wildman–Crippen LogP) is 4.73. The fourth-order valence-corrected chi connectivity index (χ4v) is 2.74. The van der Waals surface area contributed by atoms with E-state index in [4.69, 9.17) is 0 Å². The molecule has 2 aromatic rings. The van der Waals surface area contributed by atoms with E-state index in [2.05, 4.69) is 21.2 Å². The molecular weight excluding hydrogens is 324 g/mol. The van der Waals surface area contributed by atoms with Crippen LogP contribution in [0.25, 0.3) is 0 Å². The lowest BCUT2D eigenvalue weighted by molar-refractivity contribution is 0.503. The molecule has 0 saturated heterocycles. The van der Waals surface area contributed by atoms with Gasteiger partial charge in [-0.2, -0.15) is 0 Å². The van der Waals surface area contributed by atoms with Gasteiger partial charge in [0.15, 0.2) is 11.6 Å². The number of halogens is 3. The smallest absolute Gasteiger partial charge is 0.159 e. The summed E-state index contributed by atoms with van der Waals surface area (Å²) in [7, 11) is 0. The molecule has 1 unspecified atom stereocenters. The van der Waals surface area contributed by atoms with E-state index in [-0.39, 0.29) is 6.04 Å². The Kier molecular flexibility index (Phi) is 4.89. The Morgan fingerprint density at radius 2 is 1.85 bits per heavy atom.